The van der Waals surface area contributed by atoms with Crippen LogP contribution in [0.5, 0.6) is 0 Å². The van der Waals surface area contributed by atoms with E-state index in [9.17, 15) is 4.79 Å². The summed E-state index contributed by atoms with van der Waals surface area (Å²) in [5.41, 5.74) is 7.72. The molecule has 1 atom stereocenters. The van der Waals surface area contributed by atoms with Crippen LogP contribution in [0.3, 0.4) is 0 Å². The van der Waals surface area contributed by atoms with E-state index < -0.39 is 0 Å². The molecule has 2 nitrogen and oxygen atoms in total. The molecule has 0 heterocycles. The lowest BCUT2D eigenvalue weighted by molar-refractivity contribution is -0.149. The molecule has 2 aliphatic rings. The van der Waals surface area contributed by atoms with Gasteiger partial charge >= 0.3 is 5.97 Å². The third-order valence-electron chi connectivity index (χ3n) is 8.03. The van der Waals surface area contributed by atoms with Gasteiger partial charge in [0.05, 0.1) is 5.92 Å². The average Bonchev–Trinajstić information content (AvgIpc) is 3.24. The van der Waals surface area contributed by atoms with Crippen molar-refractivity contribution in [3.05, 3.63) is 119 Å². The summed E-state index contributed by atoms with van der Waals surface area (Å²) in [5, 5.41) is 5.20. The summed E-state index contributed by atoms with van der Waals surface area (Å²) in [5.74, 6) is -0.0251. The number of benzene rings is 5. The topological polar surface area (TPSA) is 26.3 Å². The molecule has 2 aliphatic carbocycles. The van der Waals surface area contributed by atoms with Crippen LogP contribution in [0.15, 0.2) is 97.1 Å². The summed E-state index contributed by atoms with van der Waals surface area (Å²) >= 11 is 0. The first kappa shape index (κ1) is 20.5. The quantitative estimate of drug-likeness (QED) is 0.209. The molecule has 0 unspecified atom stereocenters. The lowest BCUT2D eigenvalue weighted by Gasteiger charge is -2.25. The van der Waals surface area contributed by atoms with Gasteiger partial charge in [-0.15, -0.1) is 0 Å². The molecule has 0 aliphatic heterocycles. The molecule has 0 saturated heterocycles. The van der Waals surface area contributed by atoms with Crippen molar-refractivity contribution < 1.29 is 9.53 Å². The molecule has 0 saturated carbocycles. The highest BCUT2D eigenvalue weighted by Crippen LogP contribution is 2.44. The van der Waals surface area contributed by atoms with Gasteiger partial charge in [0, 0.05) is 5.92 Å². The fourth-order valence-corrected chi connectivity index (χ4v) is 6.29. The van der Waals surface area contributed by atoms with E-state index in [1.807, 2.05) is 0 Å². The molecule has 5 aromatic carbocycles. The predicted octanol–water partition coefficient (Wildman–Crippen LogP) is 7.45. The van der Waals surface area contributed by atoms with Crippen molar-refractivity contribution >= 4 is 27.5 Å². The van der Waals surface area contributed by atoms with Crippen LogP contribution >= 0.6 is 0 Å². The van der Waals surface area contributed by atoms with Crippen LogP contribution in [0, 0.1) is 5.92 Å². The van der Waals surface area contributed by atoms with Crippen LogP contribution in [0.25, 0.3) is 32.7 Å². The van der Waals surface area contributed by atoms with E-state index in [-0.39, 0.29) is 17.8 Å². The summed E-state index contributed by atoms with van der Waals surface area (Å²) in [7, 11) is 0. The summed E-state index contributed by atoms with van der Waals surface area (Å²) in [6.07, 6.45) is 2.52. The van der Waals surface area contributed by atoms with Gasteiger partial charge in [-0.2, -0.15) is 0 Å². The Morgan fingerprint density at radius 1 is 0.714 bits per heavy atom. The number of rotatable bonds is 3. The first-order valence-corrected chi connectivity index (χ1v) is 12.5. The fraction of sp³-hybridized carbons (Fsp3) is 0.182. The second kappa shape index (κ2) is 8.09. The molecule has 2 heteroatoms. The predicted molar refractivity (Wildman–Crippen MR) is 142 cm³/mol. The molecule has 0 N–H and O–H groups in total. The van der Waals surface area contributed by atoms with Gasteiger partial charge in [0.2, 0.25) is 0 Å². The lowest BCUT2D eigenvalue weighted by Crippen LogP contribution is -2.26. The van der Waals surface area contributed by atoms with Crippen molar-refractivity contribution in [3.63, 3.8) is 0 Å². The first-order chi connectivity index (χ1) is 17.3. The standard InChI is InChI=1S/C33H26O2/c34-33(35-20-32-28-11-5-3-9-26(28)27-10-4-6-12-29(27)32)23-15-16-25-22(19-23)14-18-30-24-8-2-1-7-21(24)13-17-31(25)30/h1-14,17-18,23,32H,15-16,19-20H2/t23-/m1/s1. The van der Waals surface area contributed by atoms with Crippen LogP contribution in [0.4, 0.5) is 0 Å². The highest BCUT2D eigenvalue weighted by atomic mass is 16.5. The maximum absolute atomic E-state index is 13.2. The maximum atomic E-state index is 13.2. The fourth-order valence-electron chi connectivity index (χ4n) is 6.29. The monoisotopic (exact) mass is 454 g/mol. The molecular formula is C33H26O2. The molecule has 5 aromatic rings. The van der Waals surface area contributed by atoms with E-state index in [2.05, 4.69) is 97.1 Å². The third-order valence-corrected chi connectivity index (χ3v) is 8.03. The zero-order valence-corrected chi connectivity index (χ0v) is 19.5. The number of esters is 1. The highest BCUT2D eigenvalue weighted by molar-refractivity contribution is 6.08. The molecule has 0 amide bonds. The van der Waals surface area contributed by atoms with Crippen molar-refractivity contribution in [2.45, 2.75) is 25.2 Å². The van der Waals surface area contributed by atoms with E-state index >= 15 is 0 Å². The van der Waals surface area contributed by atoms with Crippen LogP contribution in [-0.2, 0) is 22.4 Å². The second-order valence-corrected chi connectivity index (χ2v) is 9.88. The number of ether oxygens (including phenoxy) is 1. The first-order valence-electron chi connectivity index (χ1n) is 12.5. The number of aryl methyl sites for hydroxylation is 1. The maximum Gasteiger partial charge on any atom is 0.309 e. The number of carbonyl (C=O) groups excluding carboxylic acids is 1. The molecule has 0 radical (unpaired) electrons. The van der Waals surface area contributed by atoms with Gasteiger partial charge in [-0.25, -0.2) is 0 Å². The number of carbonyl (C=O) groups is 1. The summed E-state index contributed by atoms with van der Waals surface area (Å²) < 4.78 is 6.00. The van der Waals surface area contributed by atoms with Gasteiger partial charge in [-0.3, -0.25) is 4.79 Å². The van der Waals surface area contributed by atoms with E-state index in [1.165, 1.54) is 54.9 Å². The second-order valence-electron chi connectivity index (χ2n) is 9.88. The van der Waals surface area contributed by atoms with Gasteiger partial charge in [0.1, 0.15) is 6.61 Å². The van der Waals surface area contributed by atoms with E-state index in [0.29, 0.717) is 6.61 Å². The van der Waals surface area contributed by atoms with Crippen LogP contribution in [0.1, 0.15) is 34.6 Å². The molecular weight excluding hydrogens is 428 g/mol. The Morgan fingerprint density at radius 3 is 2.20 bits per heavy atom. The van der Waals surface area contributed by atoms with Gasteiger partial charge in [0.25, 0.3) is 0 Å². The zero-order valence-electron chi connectivity index (χ0n) is 19.5. The van der Waals surface area contributed by atoms with Crippen molar-refractivity contribution in [3.8, 4) is 11.1 Å². The zero-order chi connectivity index (χ0) is 23.4. The molecule has 0 fully saturated rings. The summed E-state index contributed by atoms with van der Waals surface area (Å²) in [6.45, 7) is 0.403. The van der Waals surface area contributed by atoms with Crippen molar-refractivity contribution in [1.82, 2.24) is 0 Å². The molecule has 170 valence electrons. The van der Waals surface area contributed by atoms with E-state index in [1.54, 1.807) is 0 Å². The van der Waals surface area contributed by atoms with E-state index in [0.717, 1.165) is 19.3 Å². The Hall–Kier alpha value is -3.91. The van der Waals surface area contributed by atoms with Crippen LogP contribution < -0.4 is 0 Å². The smallest absolute Gasteiger partial charge is 0.309 e. The van der Waals surface area contributed by atoms with Gasteiger partial charge in [-0.1, -0.05) is 97.1 Å². The van der Waals surface area contributed by atoms with Gasteiger partial charge < -0.3 is 4.74 Å². The van der Waals surface area contributed by atoms with Crippen LogP contribution in [-0.4, -0.2) is 12.6 Å². The molecule has 35 heavy (non-hydrogen) atoms. The minimum Gasteiger partial charge on any atom is -0.464 e. The Labute approximate surface area is 205 Å². The molecule has 7 rings (SSSR count). The largest absolute Gasteiger partial charge is 0.464 e. The van der Waals surface area contributed by atoms with Gasteiger partial charge in [-0.05, 0) is 74.2 Å². The van der Waals surface area contributed by atoms with Crippen LogP contribution in [0.2, 0.25) is 0 Å². The Kier molecular flexibility index (Phi) is 4.73. The Balaban J connectivity index is 1.12. The summed E-state index contributed by atoms with van der Waals surface area (Å²) in [6, 6.07) is 34.5. The SMILES string of the molecule is O=C(OCC1c2ccccc2-c2ccccc21)[C@@H]1CCc2c(ccc3c2ccc2ccccc23)C1. The molecule has 0 aromatic heterocycles. The average molecular weight is 455 g/mol. The molecule has 0 spiro atoms. The third kappa shape index (κ3) is 3.28. The highest BCUT2D eigenvalue weighted by Gasteiger charge is 2.31. The van der Waals surface area contributed by atoms with Crippen molar-refractivity contribution in [2.24, 2.45) is 5.92 Å². The van der Waals surface area contributed by atoms with Gasteiger partial charge in [0.15, 0.2) is 0 Å². The number of hydrogen-bond acceptors (Lipinski definition) is 2. The minimum atomic E-state index is -0.0766. The number of hydrogen-bond donors (Lipinski definition) is 0. The Bertz CT molecular complexity index is 1570. The molecule has 0 bridgehead atoms. The Morgan fingerprint density at radius 2 is 1.40 bits per heavy atom. The normalized spacial score (nSPS) is 16.6. The van der Waals surface area contributed by atoms with E-state index in [4.69, 9.17) is 4.74 Å². The van der Waals surface area contributed by atoms with Crippen molar-refractivity contribution in [1.29, 1.82) is 0 Å². The lowest BCUT2D eigenvalue weighted by atomic mass is 9.81. The summed E-state index contributed by atoms with van der Waals surface area (Å²) in [4.78, 5) is 13.2. The number of fused-ring (bicyclic) bond motifs is 8. The van der Waals surface area contributed by atoms with Crippen molar-refractivity contribution in [2.75, 3.05) is 6.61 Å². The minimum absolute atomic E-state index is 0.0591.